The molecule has 0 saturated heterocycles. The van der Waals surface area contributed by atoms with Crippen LogP contribution < -0.4 is 10.6 Å². The second kappa shape index (κ2) is 9.02. The highest BCUT2D eigenvalue weighted by Gasteiger charge is 2.09. The topological polar surface area (TPSA) is 111 Å². The number of carbonyl (C=O) groups is 4. The minimum absolute atomic E-state index is 0.134. The van der Waals surface area contributed by atoms with Crippen LogP contribution in [0.5, 0.6) is 0 Å². The third-order valence-electron chi connectivity index (χ3n) is 1.43. The number of likely N-dealkylation sites (N-methyl/N-ethyl adjacent to an activating group) is 2. The quantitative estimate of drug-likeness (QED) is 0.323. The Kier molecular flexibility index (Phi) is 7.99. The summed E-state index contributed by atoms with van der Waals surface area (Å²) in [5.41, 5.74) is 0. The van der Waals surface area contributed by atoms with Crippen molar-refractivity contribution in [2.45, 2.75) is 0 Å². The van der Waals surface area contributed by atoms with E-state index in [9.17, 15) is 19.2 Å². The van der Waals surface area contributed by atoms with Gasteiger partial charge in [-0.3, -0.25) is 9.59 Å². The normalized spacial score (nSPS) is 10.1. The Balaban J connectivity index is 4.06. The fourth-order valence-corrected chi connectivity index (χ4v) is 0.789. The van der Waals surface area contributed by atoms with Crippen LogP contribution in [0.15, 0.2) is 12.2 Å². The smallest absolute Gasteiger partial charge is 0.338 e. The van der Waals surface area contributed by atoms with E-state index >= 15 is 0 Å². The molecule has 0 aliphatic rings. The van der Waals surface area contributed by atoms with Crippen molar-refractivity contribution in [3.8, 4) is 0 Å². The van der Waals surface area contributed by atoms with Crippen molar-refractivity contribution in [3.05, 3.63) is 12.2 Å². The van der Waals surface area contributed by atoms with Gasteiger partial charge in [0.2, 0.25) is 0 Å². The minimum atomic E-state index is -1.02. The number of ether oxygens (including phenoxy) is 2. The fraction of sp³-hybridized carbons (Fsp3) is 0.400. The molecule has 0 amide bonds. The van der Waals surface area contributed by atoms with Crippen LogP contribution in [0.4, 0.5) is 0 Å². The Morgan fingerprint density at radius 3 is 1.44 bits per heavy atom. The molecule has 0 radical (unpaired) electrons. The zero-order valence-electron chi connectivity index (χ0n) is 10.0. The minimum Gasteiger partial charge on any atom is -0.389 e. The number of hydrogen-bond donors (Lipinski definition) is 2. The summed E-state index contributed by atoms with van der Waals surface area (Å²) in [5, 5.41) is 4.97. The molecular weight excluding hydrogens is 244 g/mol. The maximum atomic E-state index is 11.0. The van der Waals surface area contributed by atoms with Gasteiger partial charge in [-0.05, 0) is 14.1 Å². The zero-order chi connectivity index (χ0) is 14.0. The Hall–Kier alpha value is -2.06. The van der Waals surface area contributed by atoms with E-state index < -0.39 is 23.9 Å². The standard InChI is InChI=1S/C10H14N2O6/c1-11-5-9(15)17-7(13)3-4-8(14)18-10(16)6-12-2/h3-4,11-12H,5-6H2,1-2H3/b4-3-. The van der Waals surface area contributed by atoms with E-state index in [0.717, 1.165) is 0 Å². The van der Waals surface area contributed by atoms with E-state index in [1.54, 1.807) is 0 Å². The number of rotatable bonds is 6. The molecule has 8 nitrogen and oxygen atoms in total. The lowest BCUT2D eigenvalue weighted by molar-refractivity contribution is -0.158. The van der Waals surface area contributed by atoms with Gasteiger partial charge < -0.3 is 20.1 Å². The molecule has 0 aromatic rings. The van der Waals surface area contributed by atoms with Gasteiger partial charge in [0, 0.05) is 12.2 Å². The lowest BCUT2D eigenvalue weighted by Crippen LogP contribution is -2.24. The van der Waals surface area contributed by atoms with E-state index in [1.165, 1.54) is 14.1 Å². The van der Waals surface area contributed by atoms with Crippen LogP contribution in [-0.2, 0) is 28.7 Å². The molecular formula is C10H14N2O6. The zero-order valence-corrected chi connectivity index (χ0v) is 10.0. The molecule has 0 unspecified atom stereocenters. The second-order valence-electron chi connectivity index (χ2n) is 2.98. The number of carbonyl (C=O) groups excluding carboxylic acids is 4. The predicted molar refractivity (Wildman–Crippen MR) is 59.2 cm³/mol. The van der Waals surface area contributed by atoms with E-state index in [-0.39, 0.29) is 13.1 Å². The molecule has 0 bridgehead atoms. The first-order chi connectivity index (χ1) is 8.49. The molecule has 0 aliphatic heterocycles. The molecule has 18 heavy (non-hydrogen) atoms. The van der Waals surface area contributed by atoms with Crippen LogP contribution >= 0.6 is 0 Å². The molecule has 0 heterocycles. The Bertz CT molecular complexity index is 329. The van der Waals surface area contributed by atoms with Crippen LogP contribution in [-0.4, -0.2) is 51.1 Å². The molecule has 0 saturated carbocycles. The molecule has 0 rings (SSSR count). The first-order valence-corrected chi connectivity index (χ1v) is 4.96. The van der Waals surface area contributed by atoms with Crippen LogP contribution in [0.25, 0.3) is 0 Å². The van der Waals surface area contributed by atoms with Gasteiger partial charge in [-0.25, -0.2) is 9.59 Å². The molecule has 100 valence electrons. The van der Waals surface area contributed by atoms with Gasteiger partial charge in [0.05, 0.1) is 13.1 Å². The monoisotopic (exact) mass is 258 g/mol. The van der Waals surface area contributed by atoms with Crippen LogP contribution in [0.3, 0.4) is 0 Å². The summed E-state index contributed by atoms with van der Waals surface area (Å²) >= 11 is 0. The summed E-state index contributed by atoms with van der Waals surface area (Å²) in [7, 11) is 3.01. The number of nitrogens with one attached hydrogen (secondary N) is 2. The fourth-order valence-electron chi connectivity index (χ4n) is 0.789. The highest BCUT2D eigenvalue weighted by molar-refractivity contribution is 5.99. The lowest BCUT2D eigenvalue weighted by Gasteiger charge is -1.99. The highest BCUT2D eigenvalue weighted by atomic mass is 16.6. The van der Waals surface area contributed by atoms with Gasteiger partial charge in [-0.15, -0.1) is 0 Å². The maximum Gasteiger partial charge on any atom is 0.338 e. The molecule has 0 aromatic carbocycles. The van der Waals surface area contributed by atoms with E-state index in [4.69, 9.17) is 0 Å². The highest BCUT2D eigenvalue weighted by Crippen LogP contribution is 1.87. The largest absolute Gasteiger partial charge is 0.389 e. The average molecular weight is 258 g/mol. The molecule has 0 aliphatic carbocycles. The van der Waals surface area contributed by atoms with Crippen LogP contribution in [0, 0.1) is 0 Å². The molecule has 0 aromatic heterocycles. The van der Waals surface area contributed by atoms with Gasteiger partial charge in [-0.2, -0.15) is 0 Å². The first-order valence-electron chi connectivity index (χ1n) is 4.96. The molecule has 0 spiro atoms. The Morgan fingerprint density at radius 2 is 1.17 bits per heavy atom. The first kappa shape index (κ1) is 15.9. The van der Waals surface area contributed by atoms with Crippen molar-refractivity contribution < 1.29 is 28.7 Å². The van der Waals surface area contributed by atoms with E-state index in [1.807, 2.05) is 0 Å². The number of hydrogen-bond acceptors (Lipinski definition) is 8. The van der Waals surface area contributed by atoms with Crippen LogP contribution in [0.1, 0.15) is 0 Å². The summed E-state index contributed by atoms with van der Waals surface area (Å²) in [6.45, 7) is -0.268. The van der Waals surface area contributed by atoms with Gasteiger partial charge in [-0.1, -0.05) is 0 Å². The van der Waals surface area contributed by atoms with Crippen molar-refractivity contribution >= 4 is 23.9 Å². The molecule has 2 N–H and O–H groups in total. The molecule has 0 fully saturated rings. The third kappa shape index (κ3) is 8.13. The lowest BCUT2D eigenvalue weighted by atomic mass is 10.5. The van der Waals surface area contributed by atoms with E-state index in [2.05, 4.69) is 20.1 Å². The summed E-state index contributed by atoms with van der Waals surface area (Å²) < 4.78 is 8.52. The number of esters is 4. The summed E-state index contributed by atoms with van der Waals surface area (Å²) in [6, 6.07) is 0. The van der Waals surface area contributed by atoms with Crippen molar-refractivity contribution in [1.82, 2.24) is 10.6 Å². The maximum absolute atomic E-state index is 11.0. The van der Waals surface area contributed by atoms with Crippen molar-refractivity contribution in [2.24, 2.45) is 0 Å². The van der Waals surface area contributed by atoms with Crippen molar-refractivity contribution in [2.75, 3.05) is 27.2 Å². The average Bonchev–Trinajstić information content (AvgIpc) is 2.27. The van der Waals surface area contributed by atoms with Gasteiger partial charge in [0.25, 0.3) is 0 Å². The second-order valence-corrected chi connectivity index (χ2v) is 2.98. The van der Waals surface area contributed by atoms with Gasteiger partial charge in [0.1, 0.15) is 0 Å². The van der Waals surface area contributed by atoms with E-state index in [0.29, 0.717) is 12.2 Å². The summed E-state index contributed by atoms with van der Waals surface area (Å²) in [5.74, 6) is -3.61. The Morgan fingerprint density at radius 1 is 0.833 bits per heavy atom. The van der Waals surface area contributed by atoms with Crippen LogP contribution in [0.2, 0.25) is 0 Å². The summed E-state index contributed by atoms with van der Waals surface area (Å²) in [6.07, 6.45) is 1.39. The van der Waals surface area contributed by atoms with Gasteiger partial charge >= 0.3 is 23.9 Å². The molecule has 0 atom stereocenters. The third-order valence-corrected chi connectivity index (χ3v) is 1.43. The predicted octanol–water partition coefficient (Wildman–Crippen LogP) is -1.88. The SMILES string of the molecule is CNCC(=O)OC(=O)/C=C\C(=O)OC(=O)CNC. The molecule has 8 heteroatoms. The van der Waals surface area contributed by atoms with Crippen molar-refractivity contribution in [1.29, 1.82) is 0 Å². The van der Waals surface area contributed by atoms with Crippen molar-refractivity contribution in [3.63, 3.8) is 0 Å². The summed E-state index contributed by atoms with van der Waals surface area (Å²) in [4.78, 5) is 43.6. The van der Waals surface area contributed by atoms with Gasteiger partial charge in [0.15, 0.2) is 0 Å². The Labute approximate surface area is 103 Å².